The van der Waals surface area contributed by atoms with Gasteiger partial charge in [0, 0.05) is 5.54 Å². The lowest BCUT2D eigenvalue weighted by molar-refractivity contribution is -0.134. The minimum atomic E-state index is -0.246. The van der Waals surface area contributed by atoms with Crippen molar-refractivity contribution < 1.29 is 9.53 Å². The van der Waals surface area contributed by atoms with Crippen LogP contribution in [0.25, 0.3) is 0 Å². The Labute approximate surface area is 124 Å². The molecule has 1 saturated heterocycles. The van der Waals surface area contributed by atoms with Crippen molar-refractivity contribution in [1.82, 2.24) is 5.32 Å². The highest BCUT2D eigenvalue weighted by Crippen LogP contribution is 2.36. The van der Waals surface area contributed by atoms with E-state index in [1.54, 1.807) is 0 Å². The van der Waals surface area contributed by atoms with Gasteiger partial charge in [-0.2, -0.15) is 0 Å². The molecule has 1 amide bonds. The first-order valence-electron chi connectivity index (χ1n) is 8.22. The van der Waals surface area contributed by atoms with Crippen molar-refractivity contribution in [3.63, 3.8) is 0 Å². The Bertz CT molecular complexity index is 321. The number of carbonyl (C=O) groups is 1. The fourth-order valence-electron chi connectivity index (χ4n) is 2.64. The van der Waals surface area contributed by atoms with Gasteiger partial charge in [0.05, 0.1) is 6.10 Å². The van der Waals surface area contributed by atoms with E-state index in [1.165, 1.54) is 12.8 Å². The Kier molecular flexibility index (Phi) is 6.06. The van der Waals surface area contributed by atoms with Gasteiger partial charge in [-0.1, -0.05) is 40.5 Å². The van der Waals surface area contributed by atoms with Gasteiger partial charge in [-0.3, -0.25) is 4.79 Å². The van der Waals surface area contributed by atoms with Gasteiger partial charge in [0.15, 0.2) is 0 Å². The van der Waals surface area contributed by atoms with E-state index in [0.717, 1.165) is 25.7 Å². The van der Waals surface area contributed by atoms with Crippen LogP contribution >= 0.6 is 0 Å². The van der Waals surface area contributed by atoms with E-state index >= 15 is 0 Å². The van der Waals surface area contributed by atoms with Crippen molar-refractivity contribution in [3.05, 3.63) is 0 Å². The van der Waals surface area contributed by atoms with E-state index in [4.69, 9.17) is 4.74 Å². The summed E-state index contributed by atoms with van der Waals surface area (Å²) in [7, 11) is 0. The van der Waals surface area contributed by atoms with Gasteiger partial charge in [-0.05, 0) is 44.9 Å². The highest BCUT2D eigenvalue weighted by atomic mass is 16.5. The molecule has 0 radical (unpaired) electrons. The lowest BCUT2D eigenvalue weighted by Gasteiger charge is -2.30. The number of rotatable bonds is 7. The first-order chi connectivity index (χ1) is 9.25. The van der Waals surface area contributed by atoms with Gasteiger partial charge in [0.2, 0.25) is 5.91 Å². The van der Waals surface area contributed by atoms with Gasteiger partial charge < -0.3 is 10.1 Å². The molecule has 0 bridgehead atoms. The first-order valence-corrected chi connectivity index (χ1v) is 8.22. The molecule has 3 heteroatoms. The Morgan fingerprint density at radius 2 is 1.70 bits per heavy atom. The van der Waals surface area contributed by atoms with Crippen LogP contribution in [0.4, 0.5) is 0 Å². The number of hydrogen-bond acceptors (Lipinski definition) is 2. The molecular weight excluding hydrogens is 250 g/mol. The highest BCUT2D eigenvalue weighted by Gasteiger charge is 2.35. The second kappa shape index (κ2) is 6.93. The average molecular weight is 283 g/mol. The fourth-order valence-corrected chi connectivity index (χ4v) is 2.64. The number of hydrogen-bond donors (Lipinski definition) is 1. The molecule has 2 atom stereocenters. The van der Waals surface area contributed by atoms with E-state index in [0.29, 0.717) is 5.41 Å². The Balaban J connectivity index is 2.49. The third-order valence-corrected chi connectivity index (χ3v) is 5.17. The van der Waals surface area contributed by atoms with E-state index in [-0.39, 0.29) is 23.7 Å². The quantitative estimate of drug-likeness (QED) is 0.765. The molecule has 0 aromatic rings. The molecule has 0 aliphatic carbocycles. The Hall–Kier alpha value is -0.570. The van der Waals surface area contributed by atoms with Crippen LogP contribution < -0.4 is 5.32 Å². The van der Waals surface area contributed by atoms with Gasteiger partial charge in [0.1, 0.15) is 6.10 Å². The summed E-state index contributed by atoms with van der Waals surface area (Å²) in [6.07, 6.45) is 6.22. The molecule has 1 heterocycles. The monoisotopic (exact) mass is 283 g/mol. The lowest BCUT2D eigenvalue weighted by atomic mass is 9.79. The summed E-state index contributed by atoms with van der Waals surface area (Å²) in [5.74, 6) is 0.0639. The minimum absolute atomic E-state index is 0.0639. The second-order valence-corrected chi connectivity index (χ2v) is 7.27. The number of amides is 1. The van der Waals surface area contributed by atoms with Gasteiger partial charge in [-0.25, -0.2) is 0 Å². The molecule has 0 aromatic carbocycles. The lowest BCUT2D eigenvalue weighted by Crippen LogP contribution is -2.47. The van der Waals surface area contributed by atoms with Crippen molar-refractivity contribution in [2.45, 2.75) is 97.8 Å². The number of nitrogens with one attached hydrogen (secondary N) is 1. The van der Waals surface area contributed by atoms with Crippen LogP contribution in [0.2, 0.25) is 0 Å². The summed E-state index contributed by atoms with van der Waals surface area (Å²) < 4.78 is 6.00. The van der Waals surface area contributed by atoms with Crippen molar-refractivity contribution >= 4 is 5.91 Å². The van der Waals surface area contributed by atoms with E-state index in [9.17, 15) is 4.79 Å². The summed E-state index contributed by atoms with van der Waals surface area (Å²) in [5, 5.41) is 3.10. The molecule has 118 valence electrons. The highest BCUT2D eigenvalue weighted by molar-refractivity contribution is 5.81. The van der Waals surface area contributed by atoms with Crippen LogP contribution in [-0.4, -0.2) is 23.7 Å². The zero-order chi connectivity index (χ0) is 15.4. The average Bonchev–Trinajstić information content (AvgIpc) is 2.86. The van der Waals surface area contributed by atoms with Crippen molar-refractivity contribution in [1.29, 1.82) is 0 Å². The van der Waals surface area contributed by atoms with Crippen molar-refractivity contribution in [3.8, 4) is 0 Å². The molecule has 0 aromatic heterocycles. The third kappa shape index (κ3) is 4.76. The molecular formula is C17H33NO2. The summed E-state index contributed by atoms with van der Waals surface area (Å²) in [4.78, 5) is 12.2. The summed E-state index contributed by atoms with van der Waals surface area (Å²) in [5.41, 5.74) is 0.207. The van der Waals surface area contributed by atoms with Crippen LogP contribution in [-0.2, 0) is 9.53 Å². The maximum absolute atomic E-state index is 12.2. The normalized spacial score (nSPS) is 23.9. The fraction of sp³-hybridized carbons (Fsp3) is 0.941. The smallest absolute Gasteiger partial charge is 0.249 e. The van der Waals surface area contributed by atoms with Crippen LogP contribution in [0.3, 0.4) is 0 Å². The third-order valence-electron chi connectivity index (χ3n) is 5.17. The maximum Gasteiger partial charge on any atom is 0.249 e. The minimum Gasteiger partial charge on any atom is -0.365 e. The first kappa shape index (κ1) is 17.5. The molecule has 0 saturated carbocycles. The standard InChI is InChI=1S/C17H33NO2/c1-7-16(4,5)18-15(19)14-11-10-13(20-14)12-17(6,8-2)9-3/h13-14H,7-12H2,1-6H3,(H,18,19). The Morgan fingerprint density at radius 1 is 1.10 bits per heavy atom. The molecule has 1 N–H and O–H groups in total. The molecule has 3 nitrogen and oxygen atoms in total. The van der Waals surface area contributed by atoms with Crippen molar-refractivity contribution in [2.24, 2.45) is 5.41 Å². The van der Waals surface area contributed by atoms with Gasteiger partial charge >= 0.3 is 0 Å². The molecule has 2 unspecified atom stereocenters. The largest absolute Gasteiger partial charge is 0.365 e. The summed E-state index contributed by atoms with van der Waals surface area (Å²) in [6, 6.07) is 0. The van der Waals surface area contributed by atoms with Crippen molar-refractivity contribution in [2.75, 3.05) is 0 Å². The summed E-state index contributed by atoms with van der Waals surface area (Å²) >= 11 is 0. The van der Waals surface area contributed by atoms with Crippen LogP contribution in [0, 0.1) is 5.41 Å². The Morgan fingerprint density at radius 3 is 2.20 bits per heavy atom. The molecule has 1 aliphatic rings. The number of ether oxygens (including phenoxy) is 1. The van der Waals surface area contributed by atoms with E-state index in [2.05, 4.69) is 46.9 Å². The predicted molar refractivity (Wildman–Crippen MR) is 83.7 cm³/mol. The molecule has 1 fully saturated rings. The maximum atomic E-state index is 12.2. The molecule has 1 rings (SSSR count). The van der Waals surface area contributed by atoms with Gasteiger partial charge in [0.25, 0.3) is 0 Å². The zero-order valence-electron chi connectivity index (χ0n) is 14.2. The molecule has 1 aliphatic heterocycles. The van der Waals surface area contributed by atoms with Gasteiger partial charge in [-0.15, -0.1) is 0 Å². The zero-order valence-corrected chi connectivity index (χ0v) is 14.2. The molecule has 20 heavy (non-hydrogen) atoms. The topological polar surface area (TPSA) is 38.3 Å². The van der Waals surface area contributed by atoms with E-state index < -0.39 is 0 Å². The SMILES string of the molecule is CCC(C)(CC)CC1CCC(C(=O)NC(C)(C)CC)O1. The second-order valence-electron chi connectivity index (χ2n) is 7.27. The van der Waals surface area contributed by atoms with Crippen LogP contribution in [0.5, 0.6) is 0 Å². The van der Waals surface area contributed by atoms with Crippen LogP contribution in [0.15, 0.2) is 0 Å². The number of carbonyl (C=O) groups excluding carboxylic acids is 1. The summed E-state index contributed by atoms with van der Waals surface area (Å²) in [6.45, 7) is 13.0. The molecule has 0 spiro atoms. The predicted octanol–water partition coefficient (Wildman–Crippen LogP) is 4.06. The van der Waals surface area contributed by atoms with Crippen LogP contribution in [0.1, 0.15) is 80.1 Å². The van der Waals surface area contributed by atoms with E-state index in [1.807, 2.05) is 0 Å².